The zero-order valence-electron chi connectivity index (χ0n) is 10.3. The van der Waals surface area contributed by atoms with E-state index in [1.165, 1.54) is 12.1 Å². The van der Waals surface area contributed by atoms with Crippen LogP contribution in [0.1, 0.15) is 37.0 Å². The molecule has 0 aliphatic carbocycles. The smallest absolute Gasteiger partial charge is 0.228 e. The van der Waals surface area contributed by atoms with Crippen molar-refractivity contribution >= 4 is 34.9 Å². The van der Waals surface area contributed by atoms with E-state index in [0.717, 1.165) is 6.42 Å². The Labute approximate surface area is 116 Å². The Bertz CT molecular complexity index is 460. The Morgan fingerprint density at radius 2 is 2.00 bits per heavy atom. The normalized spacial score (nSPS) is 12.0. The largest absolute Gasteiger partial charge is 0.353 e. The summed E-state index contributed by atoms with van der Waals surface area (Å²) in [6.45, 7) is 3.85. The van der Waals surface area contributed by atoms with Crippen LogP contribution in [0.25, 0.3) is 0 Å². The summed E-state index contributed by atoms with van der Waals surface area (Å²) in [5, 5.41) is 3.46. The highest BCUT2D eigenvalue weighted by molar-refractivity contribution is 6.37. The highest BCUT2D eigenvalue weighted by atomic mass is 35.5. The number of ketones is 1. The van der Waals surface area contributed by atoms with Crippen molar-refractivity contribution in [1.82, 2.24) is 5.32 Å². The Hall–Kier alpha value is -1.06. The van der Waals surface area contributed by atoms with Crippen LogP contribution in [-0.4, -0.2) is 17.7 Å². The molecule has 98 valence electrons. The van der Waals surface area contributed by atoms with Gasteiger partial charge in [0.2, 0.25) is 5.91 Å². The fourth-order valence-corrected chi connectivity index (χ4v) is 1.90. The molecule has 0 aliphatic rings. The molecular weight excluding hydrogens is 273 g/mol. The molecule has 0 aromatic heterocycles. The Balaban J connectivity index is 2.68. The molecule has 1 rings (SSSR count). The molecule has 0 saturated carbocycles. The molecule has 1 atom stereocenters. The van der Waals surface area contributed by atoms with Gasteiger partial charge >= 0.3 is 0 Å². The molecule has 1 aromatic rings. The Kier molecular flexibility index (Phi) is 5.63. The lowest BCUT2D eigenvalue weighted by atomic mass is 10.1. The van der Waals surface area contributed by atoms with Crippen LogP contribution in [0.15, 0.2) is 18.2 Å². The number of amides is 1. The maximum Gasteiger partial charge on any atom is 0.228 e. The van der Waals surface area contributed by atoms with E-state index >= 15 is 0 Å². The number of hydrogen-bond donors (Lipinski definition) is 1. The van der Waals surface area contributed by atoms with Gasteiger partial charge in [0.05, 0.1) is 11.4 Å². The second kappa shape index (κ2) is 6.76. The lowest BCUT2D eigenvalue weighted by Gasteiger charge is -2.11. The number of halogens is 2. The zero-order chi connectivity index (χ0) is 13.7. The topological polar surface area (TPSA) is 46.2 Å². The third-order valence-electron chi connectivity index (χ3n) is 2.57. The van der Waals surface area contributed by atoms with E-state index in [9.17, 15) is 9.59 Å². The van der Waals surface area contributed by atoms with E-state index in [1.54, 1.807) is 6.07 Å². The molecular formula is C13H15Cl2NO2. The number of nitrogens with one attached hydrogen (secondary N) is 1. The van der Waals surface area contributed by atoms with Crippen molar-refractivity contribution in [3.63, 3.8) is 0 Å². The van der Waals surface area contributed by atoms with E-state index in [-0.39, 0.29) is 29.2 Å². The second-order valence-corrected chi connectivity index (χ2v) is 4.94. The first-order valence-electron chi connectivity index (χ1n) is 5.71. The van der Waals surface area contributed by atoms with Gasteiger partial charge in [-0.2, -0.15) is 0 Å². The molecule has 0 fully saturated rings. The molecule has 0 saturated heterocycles. The Morgan fingerprint density at radius 3 is 2.56 bits per heavy atom. The van der Waals surface area contributed by atoms with Crippen LogP contribution in [0.2, 0.25) is 10.0 Å². The minimum atomic E-state index is -0.308. The molecule has 0 radical (unpaired) electrons. The molecule has 0 heterocycles. The van der Waals surface area contributed by atoms with Crippen LogP contribution in [-0.2, 0) is 4.79 Å². The predicted molar refractivity (Wildman–Crippen MR) is 73.3 cm³/mol. The number of carbonyl (C=O) groups excluding carboxylic acids is 2. The van der Waals surface area contributed by atoms with Crippen molar-refractivity contribution in [1.29, 1.82) is 0 Å². The van der Waals surface area contributed by atoms with Gasteiger partial charge in [-0.3, -0.25) is 9.59 Å². The van der Waals surface area contributed by atoms with Crippen molar-refractivity contribution in [2.45, 2.75) is 32.7 Å². The molecule has 18 heavy (non-hydrogen) atoms. The standard InChI is InChI=1S/C13H15Cl2NO2/c1-3-8(2)16-13(18)7-12(17)10-5-4-9(14)6-11(10)15/h4-6,8H,3,7H2,1-2H3,(H,16,18). The number of hydrogen-bond acceptors (Lipinski definition) is 2. The summed E-state index contributed by atoms with van der Waals surface area (Å²) in [5.74, 6) is -0.599. The fraction of sp³-hybridized carbons (Fsp3) is 0.385. The second-order valence-electron chi connectivity index (χ2n) is 4.10. The lowest BCUT2D eigenvalue weighted by molar-refractivity contribution is -0.120. The molecule has 5 heteroatoms. The first-order chi connectivity index (χ1) is 8.43. The average Bonchev–Trinajstić information content (AvgIpc) is 2.28. The van der Waals surface area contributed by atoms with Crippen molar-refractivity contribution < 1.29 is 9.59 Å². The molecule has 1 amide bonds. The van der Waals surface area contributed by atoms with Gasteiger partial charge in [-0.25, -0.2) is 0 Å². The van der Waals surface area contributed by atoms with E-state index in [0.29, 0.717) is 10.6 Å². The fourth-order valence-electron chi connectivity index (χ4n) is 1.38. The van der Waals surface area contributed by atoms with Gasteiger partial charge in [0.25, 0.3) is 0 Å². The van der Waals surface area contributed by atoms with E-state index in [2.05, 4.69) is 5.32 Å². The third kappa shape index (κ3) is 4.31. The van der Waals surface area contributed by atoms with Gasteiger partial charge < -0.3 is 5.32 Å². The quantitative estimate of drug-likeness (QED) is 0.666. The van der Waals surface area contributed by atoms with Crippen molar-refractivity contribution in [3.05, 3.63) is 33.8 Å². The number of rotatable bonds is 5. The van der Waals surface area contributed by atoms with Crippen LogP contribution >= 0.6 is 23.2 Å². The summed E-state index contributed by atoms with van der Waals surface area (Å²) in [4.78, 5) is 23.4. The summed E-state index contributed by atoms with van der Waals surface area (Å²) in [6.07, 6.45) is 0.618. The minimum absolute atomic E-state index is 0.0611. The first-order valence-corrected chi connectivity index (χ1v) is 6.47. The van der Waals surface area contributed by atoms with Gasteiger partial charge in [0, 0.05) is 16.6 Å². The van der Waals surface area contributed by atoms with Gasteiger partial charge in [0.15, 0.2) is 5.78 Å². The van der Waals surface area contributed by atoms with Crippen molar-refractivity contribution in [3.8, 4) is 0 Å². The zero-order valence-corrected chi connectivity index (χ0v) is 11.8. The predicted octanol–water partition coefficient (Wildman–Crippen LogP) is 3.48. The van der Waals surface area contributed by atoms with Crippen molar-refractivity contribution in [2.75, 3.05) is 0 Å². The maximum absolute atomic E-state index is 11.9. The molecule has 0 bridgehead atoms. The summed E-state index contributed by atoms with van der Waals surface area (Å²) in [6, 6.07) is 4.66. The van der Waals surface area contributed by atoms with E-state index < -0.39 is 0 Å². The molecule has 1 N–H and O–H groups in total. The maximum atomic E-state index is 11.9. The highest BCUT2D eigenvalue weighted by Crippen LogP contribution is 2.22. The van der Waals surface area contributed by atoms with Crippen LogP contribution < -0.4 is 5.32 Å². The summed E-state index contributed by atoms with van der Waals surface area (Å²) in [7, 11) is 0. The number of Topliss-reactive ketones (excluding diaryl/α,β-unsaturated/α-hetero) is 1. The lowest BCUT2D eigenvalue weighted by Crippen LogP contribution is -2.33. The van der Waals surface area contributed by atoms with Crippen LogP contribution in [0.5, 0.6) is 0 Å². The first kappa shape index (κ1) is 15.0. The van der Waals surface area contributed by atoms with Crippen LogP contribution in [0.3, 0.4) is 0 Å². The van der Waals surface area contributed by atoms with Gasteiger partial charge in [-0.05, 0) is 31.5 Å². The summed E-state index contributed by atoms with van der Waals surface area (Å²) >= 11 is 11.6. The monoisotopic (exact) mass is 287 g/mol. The summed E-state index contributed by atoms with van der Waals surface area (Å²) < 4.78 is 0. The molecule has 0 aliphatic heterocycles. The van der Waals surface area contributed by atoms with Crippen LogP contribution in [0.4, 0.5) is 0 Å². The van der Waals surface area contributed by atoms with Gasteiger partial charge in [-0.1, -0.05) is 30.1 Å². The molecule has 1 aromatic carbocycles. The molecule has 0 spiro atoms. The highest BCUT2D eigenvalue weighted by Gasteiger charge is 2.15. The van der Waals surface area contributed by atoms with E-state index in [4.69, 9.17) is 23.2 Å². The van der Waals surface area contributed by atoms with Crippen molar-refractivity contribution in [2.24, 2.45) is 0 Å². The third-order valence-corrected chi connectivity index (χ3v) is 3.12. The average molecular weight is 288 g/mol. The summed E-state index contributed by atoms with van der Waals surface area (Å²) in [5.41, 5.74) is 0.320. The van der Waals surface area contributed by atoms with Gasteiger partial charge in [-0.15, -0.1) is 0 Å². The molecule has 3 nitrogen and oxygen atoms in total. The SMILES string of the molecule is CCC(C)NC(=O)CC(=O)c1ccc(Cl)cc1Cl. The number of carbonyl (C=O) groups is 2. The molecule has 1 unspecified atom stereocenters. The number of benzene rings is 1. The Morgan fingerprint density at radius 1 is 1.33 bits per heavy atom. The van der Waals surface area contributed by atoms with Gasteiger partial charge in [0.1, 0.15) is 0 Å². The minimum Gasteiger partial charge on any atom is -0.353 e. The van der Waals surface area contributed by atoms with Crippen LogP contribution in [0, 0.1) is 0 Å². The van der Waals surface area contributed by atoms with E-state index in [1.807, 2.05) is 13.8 Å².